The molecule has 0 bridgehead atoms. The average molecular weight is 316 g/mol. The number of hydrogen-bond acceptors (Lipinski definition) is 4. The molecule has 22 heavy (non-hydrogen) atoms. The molecule has 4 nitrogen and oxygen atoms in total. The Morgan fingerprint density at radius 1 is 1.18 bits per heavy atom. The largest absolute Gasteiger partial charge is 0.487 e. The maximum Gasteiger partial charge on any atom is 0.251 e. The number of para-hydroxylation sites is 1. The lowest BCUT2D eigenvalue weighted by molar-refractivity contribution is 0.299. The normalized spacial score (nSPS) is 15.6. The Labute approximate surface area is 134 Å². The first-order valence-electron chi connectivity index (χ1n) is 7.74. The first kappa shape index (κ1) is 15.2. The van der Waals surface area contributed by atoms with Gasteiger partial charge in [-0.05, 0) is 25.0 Å². The number of aromatic amines is 1. The number of nitrogens with zero attached hydrogens (tertiary/aromatic N) is 1. The van der Waals surface area contributed by atoms with Crippen LogP contribution < -0.4 is 10.3 Å². The molecule has 0 unspecified atom stereocenters. The minimum absolute atomic E-state index is 0.111. The molecule has 1 aromatic carbocycles. The van der Waals surface area contributed by atoms with Crippen molar-refractivity contribution in [1.82, 2.24) is 9.97 Å². The Bertz CT molecular complexity index is 651. The predicted molar refractivity (Wildman–Crippen MR) is 88.4 cm³/mol. The van der Waals surface area contributed by atoms with Gasteiger partial charge in [-0.1, -0.05) is 49.2 Å². The SMILES string of the molecule is O=c1cc(COc2ccccc2)nc(SC2CCCCC2)[nH]1. The minimum atomic E-state index is -0.111. The van der Waals surface area contributed by atoms with Gasteiger partial charge in [0.15, 0.2) is 5.16 Å². The lowest BCUT2D eigenvalue weighted by Gasteiger charge is -2.20. The summed E-state index contributed by atoms with van der Waals surface area (Å²) in [7, 11) is 0. The number of rotatable bonds is 5. The smallest absolute Gasteiger partial charge is 0.251 e. The van der Waals surface area contributed by atoms with E-state index in [0.29, 0.717) is 22.7 Å². The van der Waals surface area contributed by atoms with E-state index < -0.39 is 0 Å². The number of nitrogens with one attached hydrogen (secondary N) is 1. The van der Waals surface area contributed by atoms with Crippen LogP contribution in [0, 0.1) is 0 Å². The number of hydrogen-bond donors (Lipinski definition) is 1. The molecule has 0 spiro atoms. The molecule has 0 atom stereocenters. The fourth-order valence-corrected chi connectivity index (χ4v) is 3.84. The van der Waals surface area contributed by atoms with Crippen molar-refractivity contribution in [2.24, 2.45) is 0 Å². The van der Waals surface area contributed by atoms with E-state index in [9.17, 15) is 4.79 Å². The molecule has 1 aromatic heterocycles. The summed E-state index contributed by atoms with van der Waals surface area (Å²) in [5, 5.41) is 1.29. The van der Waals surface area contributed by atoms with Crippen LogP contribution in [-0.4, -0.2) is 15.2 Å². The molecule has 1 saturated carbocycles. The van der Waals surface area contributed by atoms with E-state index in [1.54, 1.807) is 11.8 Å². The van der Waals surface area contributed by atoms with Crippen LogP contribution in [0.25, 0.3) is 0 Å². The summed E-state index contributed by atoms with van der Waals surface area (Å²) in [5.74, 6) is 0.783. The Morgan fingerprint density at radius 2 is 1.95 bits per heavy atom. The highest BCUT2D eigenvalue weighted by Crippen LogP contribution is 2.31. The summed E-state index contributed by atoms with van der Waals surface area (Å²) in [6, 6.07) is 11.1. The van der Waals surface area contributed by atoms with Gasteiger partial charge in [0.1, 0.15) is 12.4 Å². The summed E-state index contributed by atoms with van der Waals surface area (Å²) in [6.45, 7) is 0.312. The van der Waals surface area contributed by atoms with E-state index in [1.165, 1.54) is 38.2 Å². The van der Waals surface area contributed by atoms with Crippen LogP contribution in [0.15, 0.2) is 46.3 Å². The molecule has 0 aliphatic heterocycles. The van der Waals surface area contributed by atoms with Gasteiger partial charge in [-0.15, -0.1) is 0 Å². The quantitative estimate of drug-likeness (QED) is 0.853. The summed E-state index contributed by atoms with van der Waals surface area (Å²) >= 11 is 1.69. The zero-order valence-corrected chi connectivity index (χ0v) is 13.3. The third-order valence-corrected chi connectivity index (χ3v) is 4.95. The molecular formula is C17H20N2O2S. The highest BCUT2D eigenvalue weighted by molar-refractivity contribution is 7.99. The Balaban J connectivity index is 1.65. The summed E-state index contributed by atoms with van der Waals surface area (Å²) in [4.78, 5) is 19.2. The Morgan fingerprint density at radius 3 is 2.73 bits per heavy atom. The van der Waals surface area contributed by atoms with Gasteiger partial charge < -0.3 is 9.72 Å². The fourth-order valence-electron chi connectivity index (χ4n) is 2.63. The summed E-state index contributed by atoms with van der Waals surface area (Å²) in [5.41, 5.74) is 0.561. The minimum Gasteiger partial charge on any atom is -0.487 e. The van der Waals surface area contributed by atoms with Crippen LogP contribution in [0.1, 0.15) is 37.8 Å². The second kappa shape index (κ2) is 7.49. The predicted octanol–water partition coefficient (Wildman–Crippen LogP) is 3.77. The van der Waals surface area contributed by atoms with Gasteiger partial charge in [-0.25, -0.2) is 4.98 Å². The molecule has 0 radical (unpaired) electrons. The van der Waals surface area contributed by atoms with E-state index >= 15 is 0 Å². The van der Waals surface area contributed by atoms with Gasteiger partial charge in [0.25, 0.3) is 5.56 Å². The van der Waals surface area contributed by atoms with Crippen molar-refractivity contribution in [3.63, 3.8) is 0 Å². The van der Waals surface area contributed by atoms with E-state index in [-0.39, 0.29) is 5.56 Å². The van der Waals surface area contributed by atoms with Crippen molar-refractivity contribution in [1.29, 1.82) is 0 Å². The number of ether oxygens (including phenoxy) is 1. The van der Waals surface area contributed by atoms with Crippen LogP contribution in [-0.2, 0) is 6.61 Å². The molecule has 1 fully saturated rings. The third kappa shape index (κ3) is 4.37. The lowest BCUT2D eigenvalue weighted by atomic mass is 10.0. The lowest BCUT2D eigenvalue weighted by Crippen LogP contribution is -2.14. The van der Waals surface area contributed by atoms with Crippen molar-refractivity contribution >= 4 is 11.8 Å². The highest BCUT2D eigenvalue weighted by atomic mass is 32.2. The van der Waals surface area contributed by atoms with Gasteiger partial charge >= 0.3 is 0 Å². The molecule has 1 N–H and O–H groups in total. The molecule has 1 aliphatic carbocycles. The first-order chi connectivity index (χ1) is 10.8. The molecular weight excluding hydrogens is 296 g/mol. The van der Waals surface area contributed by atoms with E-state index in [0.717, 1.165) is 5.75 Å². The van der Waals surface area contributed by atoms with Crippen LogP contribution in [0.4, 0.5) is 0 Å². The van der Waals surface area contributed by atoms with Crippen molar-refractivity contribution in [2.75, 3.05) is 0 Å². The summed E-state index contributed by atoms with van der Waals surface area (Å²) < 4.78 is 5.67. The van der Waals surface area contributed by atoms with Crippen molar-refractivity contribution in [3.8, 4) is 5.75 Å². The summed E-state index contributed by atoms with van der Waals surface area (Å²) in [6.07, 6.45) is 6.29. The molecule has 1 aliphatic rings. The number of H-pyrrole nitrogens is 1. The Hall–Kier alpha value is -1.75. The topological polar surface area (TPSA) is 55.0 Å². The molecule has 0 amide bonds. The van der Waals surface area contributed by atoms with E-state index in [1.807, 2.05) is 30.3 Å². The monoisotopic (exact) mass is 316 g/mol. The Kier molecular flexibility index (Phi) is 5.16. The van der Waals surface area contributed by atoms with Crippen LogP contribution in [0.5, 0.6) is 5.75 Å². The maximum absolute atomic E-state index is 11.8. The molecule has 0 saturated heterocycles. The average Bonchev–Trinajstić information content (AvgIpc) is 2.54. The highest BCUT2D eigenvalue weighted by Gasteiger charge is 2.16. The molecule has 1 heterocycles. The second-order valence-electron chi connectivity index (χ2n) is 5.52. The van der Waals surface area contributed by atoms with E-state index in [2.05, 4.69) is 9.97 Å². The zero-order valence-electron chi connectivity index (χ0n) is 12.5. The van der Waals surface area contributed by atoms with Gasteiger partial charge in [-0.3, -0.25) is 4.79 Å². The standard InChI is InChI=1S/C17H20N2O2S/c20-16-11-13(12-21-14-7-3-1-4-8-14)18-17(19-16)22-15-9-5-2-6-10-15/h1,3-4,7-8,11,15H,2,5-6,9-10,12H2,(H,18,19,20). The second-order valence-corrected chi connectivity index (χ2v) is 6.81. The molecule has 2 aromatic rings. The van der Waals surface area contributed by atoms with Crippen molar-refractivity contribution in [3.05, 3.63) is 52.4 Å². The van der Waals surface area contributed by atoms with Gasteiger partial charge in [0, 0.05) is 11.3 Å². The number of aromatic nitrogens is 2. The number of thioether (sulfide) groups is 1. The van der Waals surface area contributed by atoms with Crippen LogP contribution in [0.3, 0.4) is 0 Å². The zero-order chi connectivity index (χ0) is 15.2. The van der Waals surface area contributed by atoms with Gasteiger partial charge in [-0.2, -0.15) is 0 Å². The molecule has 116 valence electrons. The first-order valence-corrected chi connectivity index (χ1v) is 8.62. The van der Waals surface area contributed by atoms with Gasteiger partial charge in [0.05, 0.1) is 5.69 Å². The van der Waals surface area contributed by atoms with E-state index in [4.69, 9.17) is 4.74 Å². The third-order valence-electron chi connectivity index (χ3n) is 3.73. The van der Waals surface area contributed by atoms with Gasteiger partial charge in [0.2, 0.25) is 0 Å². The maximum atomic E-state index is 11.8. The van der Waals surface area contributed by atoms with Crippen LogP contribution in [0.2, 0.25) is 0 Å². The molecule has 3 rings (SSSR count). The van der Waals surface area contributed by atoms with Crippen molar-refractivity contribution in [2.45, 2.75) is 49.1 Å². The molecule has 5 heteroatoms. The number of benzene rings is 1. The van der Waals surface area contributed by atoms with Crippen LogP contribution >= 0.6 is 11.8 Å². The fraction of sp³-hybridized carbons (Fsp3) is 0.412. The van der Waals surface area contributed by atoms with Crippen molar-refractivity contribution < 1.29 is 4.74 Å².